The Balaban J connectivity index is 1.85. The van der Waals surface area contributed by atoms with Crippen LogP contribution in [0.3, 0.4) is 0 Å². The van der Waals surface area contributed by atoms with Crippen molar-refractivity contribution >= 4 is 0 Å². The molecule has 0 bridgehead atoms. The maximum absolute atomic E-state index is 14.3. The van der Waals surface area contributed by atoms with Crippen molar-refractivity contribution in [1.82, 2.24) is 10.3 Å². The van der Waals surface area contributed by atoms with Gasteiger partial charge in [0, 0.05) is 30.3 Å². The number of hydrogen-bond donors (Lipinski definition) is 1. The van der Waals surface area contributed by atoms with Crippen molar-refractivity contribution in [3.05, 3.63) is 125 Å². The van der Waals surface area contributed by atoms with Crippen LogP contribution < -0.4 is 14.8 Å². The number of hydrogen-bond acceptors (Lipinski definition) is 4. The van der Waals surface area contributed by atoms with E-state index in [-0.39, 0.29) is 25.1 Å². The molecule has 1 heterocycles. The number of nitrogens with zero attached hydrogens (tertiary/aromatic N) is 1. The van der Waals surface area contributed by atoms with Gasteiger partial charge < -0.3 is 14.8 Å². The zero-order chi connectivity index (χ0) is 28.8. The van der Waals surface area contributed by atoms with Gasteiger partial charge in [0.25, 0.3) is 0 Å². The lowest BCUT2D eigenvalue weighted by molar-refractivity contribution is -0.275. The van der Waals surface area contributed by atoms with Crippen molar-refractivity contribution in [2.75, 3.05) is 6.54 Å². The second-order valence-electron chi connectivity index (χ2n) is 8.97. The molecule has 4 nitrogen and oxygen atoms in total. The lowest BCUT2D eigenvalue weighted by Crippen LogP contribution is -2.41. The smallest absolute Gasteiger partial charge is 0.406 e. The van der Waals surface area contributed by atoms with Crippen molar-refractivity contribution in [3.63, 3.8) is 0 Å². The fourth-order valence-electron chi connectivity index (χ4n) is 4.52. The van der Waals surface area contributed by atoms with Gasteiger partial charge in [0.15, 0.2) is 0 Å². The third-order valence-electron chi connectivity index (χ3n) is 6.19. The van der Waals surface area contributed by atoms with Crippen molar-refractivity contribution < 1.29 is 40.2 Å². The minimum absolute atomic E-state index is 0.00536. The molecule has 0 aliphatic rings. The number of alkyl halides is 6. The lowest BCUT2D eigenvalue weighted by Gasteiger charge is -2.36. The molecule has 0 aliphatic carbocycles. The van der Waals surface area contributed by atoms with Crippen LogP contribution in [0.4, 0.5) is 30.7 Å². The Hall–Kier alpha value is -4.12. The molecule has 0 radical (unpaired) electrons. The van der Waals surface area contributed by atoms with E-state index in [1.807, 2.05) is 0 Å². The molecule has 1 aromatic heterocycles. The summed E-state index contributed by atoms with van der Waals surface area (Å²) >= 11 is 0. The van der Waals surface area contributed by atoms with Crippen LogP contribution in [0, 0.1) is 5.82 Å². The minimum Gasteiger partial charge on any atom is -0.406 e. The molecule has 40 heavy (non-hydrogen) atoms. The predicted octanol–water partition coefficient (Wildman–Crippen LogP) is 7.34. The number of pyridine rings is 1. The summed E-state index contributed by atoms with van der Waals surface area (Å²) in [6.45, 7) is 0.0109. The summed E-state index contributed by atoms with van der Waals surface area (Å²) in [5.74, 6) is -1.56. The number of halogens is 7. The zero-order valence-corrected chi connectivity index (χ0v) is 20.8. The fraction of sp³-hybridized carbons (Fsp3) is 0.207. The van der Waals surface area contributed by atoms with Crippen molar-refractivity contribution in [2.24, 2.45) is 0 Å². The molecule has 210 valence electrons. The number of nitrogens with one attached hydrogen (secondary N) is 1. The second kappa shape index (κ2) is 12.0. The maximum Gasteiger partial charge on any atom is 0.573 e. The van der Waals surface area contributed by atoms with E-state index in [1.54, 1.807) is 42.5 Å². The van der Waals surface area contributed by atoms with Gasteiger partial charge in [0.2, 0.25) is 0 Å². The Morgan fingerprint density at radius 3 is 1.80 bits per heavy atom. The van der Waals surface area contributed by atoms with Gasteiger partial charge in [-0.2, -0.15) is 0 Å². The predicted molar refractivity (Wildman–Crippen MR) is 133 cm³/mol. The van der Waals surface area contributed by atoms with Crippen LogP contribution in [0.5, 0.6) is 11.5 Å². The van der Waals surface area contributed by atoms with Crippen LogP contribution in [-0.2, 0) is 18.4 Å². The number of rotatable bonds is 10. The molecule has 0 fully saturated rings. The van der Waals surface area contributed by atoms with Gasteiger partial charge >= 0.3 is 12.7 Å². The largest absolute Gasteiger partial charge is 0.573 e. The molecule has 4 rings (SSSR count). The number of ether oxygens (including phenoxy) is 2. The highest BCUT2D eigenvalue weighted by Crippen LogP contribution is 2.40. The van der Waals surface area contributed by atoms with E-state index in [4.69, 9.17) is 0 Å². The summed E-state index contributed by atoms with van der Waals surface area (Å²) in [4.78, 5) is 3.72. The Kier molecular flexibility index (Phi) is 8.63. The van der Waals surface area contributed by atoms with E-state index in [2.05, 4.69) is 19.8 Å². The fourth-order valence-corrected chi connectivity index (χ4v) is 4.52. The van der Waals surface area contributed by atoms with Gasteiger partial charge in [-0.05, 0) is 53.4 Å². The highest BCUT2D eigenvalue weighted by Gasteiger charge is 2.38. The van der Waals surface area contributed by atoms with E-state index in [1.165, 1.54) is 36.5 Å². The highest BCUT2D eigenvalue weighted by atomic mass is 19.4. The zero-order valence-electron chi connectivity index (χ0n) is 20.8. The van der Waals surface area contributed by atoms with Gasteiger partial charge in [-0.15, -0.1) is 26.3 Å². The summed E-state index contributed by atoms with van der Waals surface area (Å²) in [7, 11) is 0. The molecule has 4 aromatic rings. The summed E-state index contributed by atoms with van der Waals surface area (Å²) < 4.78 is 101. The number of benzene rings is 3. The van der Waals surface area contributed by atoms with Gasteiger partial charge in [-0.1, -0.05) is 54.6 Å². The quantitative estimate of drug-likeness (QED) is 0.205. The van der Waals surface area contributed by atoms with Crippen LogP contribution in [0.25, 0.3) is 0 Å². The van der Waals surface area contributed by atoms with E-state index >= 15 is 0 Å². The first-order valence-corrected chi connectivity index (χ1v) is 12.0. The average molecular weight is 565 g/mol. The van der Waals surface area contributed by atoms with Crippen molar-refractivity contribution in [2.45, 2.75) is 31.1 Å². The molecule has 0 amide bonds. The Morgan fingerprint density at radius 2 is 1.27 bits per heavy atom. The van der Waals surface area contributed by atoms with Gasteiger partial charge in [-0.3, -0.25) is 4.98 Å². The molecule has 0 saturated carbocycles. The van der Waals surface area contributed by atoms with Crippen LogP contribution >= 0.6 is 0 Å². The van der Waals surface area contributed by atoms with Crippen LogP contribution in [-0.4, -0.2) is 24.3 Å². The van der Waals surface area contributed by atoms with Crippen molar-refractivity contribution in [3.8, 4) is 11.5 Å². The van der Waals surface area contributed by atoms with Crippen molar-refractivity contribution in [1.29, 1.82) is 0 Å². The van der Waals surface area contributed by atoms with Gasteiger partial charge in [-0.25, -0.2) is 4.39 Å². The Labute approximate surface area is 225 Å². The summed E-state index contributed by atoms with van der Waals surface area (Å²) in [6.07, 6.45) is -7.31. The molecule has 1 N–H and O–H groups in total. The molecule has 11 heteroatoms. The maximum atomic E-state index is 14.3. The third kappa shape index (κ3) is 7.72. The summed E-state index contributed by atoms with van der Waals surface area (Å²) in [6, 6.07) is 20.9. The summed E-state index contributed by atoms with van der Waals surface area (Å²) in [5, 5.41) is 3.14. The first-order valence-electron chi connectivity index (χ1n) is 12.0. The average Bonchev–Trinajstić information content (AvgIpc) is 2.88. The molecule has 0 saturated heterocycles. The van der Waals surface area contributed by atoms with Gasteiger partial charge in [0.1, 0.15) is 17.3 Å². The standard InChI is InChI=1S/C29H23F7N2O2/c30-26-18-37-13-12-21(26)17-38-19-27(16-20-6-2-1-3-7-20,22-8-4-10-24(14-22)39-28(31,32)33)23-9-5-11-25(15-23)40-29(34,35)36/h1-15,18,38H,16-17,19H2. The second-order valence-corrected chi connectivity index (χ2v) is 8.97. The third-order valence-corrected chi connectivity index (χ3v) is 6.19. The van der Waals surface area contributed by atoms with Crippen LogP contribution in [0.15, 0.2) is 97.3 Å². The van der Waals surface area contributed by atoms with Crippen LogP contribution in [0.1, 0.15) is 22.3 Å². The molecule has 0 atom stereocenters. The van der Waals surface area contributed by atoms with Crippen LogP contribution in [0.2, 0.25) is 0 Å². The lowest BCUT2D eigenvalue weighted by atomic mass is 9.70. The van der Waals surface area contributed by atoms with E-state index < -0.39 is 35.5 Å². The molecule has 0 spiro atoms. The topological polar surface area (TPSA) is 43.4 Å². The van der Waals surface area contributed by atoms with E-state index in [9.17, 15) is 30.7 Å². The first-order chi connectivity index (χ1) is 18.9. The van der Waals surface area contributed by atoms with E-state index in [0.717, 1.165) is 23.9 Å². The number of aromatic nitrogens is 1. The SMILES string of the molecule is Fc1cnccc1CNCC(Cc1ccccc1)(c1cccc(OC(F)(F)F)c1)c1cccc(OC(F)(F)F)c1. The highest BCUT2D eigenvalue weighted by molar-refractivity contribution is 5.47. The monoisotopic (exact) mass is 564 g/mol. The molecule has 0 aliphatic heterocycles. The first kappa shape index (κ1) is 28.9. The normalized spacial score (nSPS) is 12.3. The minimum atomic E-state index is -4.96. The molecule has 3 aromatic carbocycles. The Bertz CT molecular complexity index is 1350. The molecular formula is C29H23F7N2O2. The molecule has 0 unspecified atom stereocenters. The van der Waals surface area contributed by atoms with Gasteiger partial charge in [0.05, 0.1) is 6.20 Å². The van der Waals surface area contributed by atoms with E-state index in [0.29, 0.717) is 11.1 Å². The summed E-state index contributed by atoms with van der Waals surface area (Å²) in [5.41, 5.74) is 0.436. The Morgan fingerprint density at radius 1 is 0.700 bits per heavy atom. The molecular weight excluding hydrogens is 541 g/mol.